The lowest BCUT2D eigenvalue weighted by Crippen LogP contribution is -1.53. The van der Waals surface area contributed by atoms with E-state index in [0.717, 1.165) is 6.42 Å². The van der Waals surface area contributed by atoms with Gasteiger partial charge >= 0.3 is 0 Å². The Balaban J connectivity index is 2.69. The minimum Gasteiger partial charge on any atom is -0.0766 e. The summed E-state index contributed by atoms with van der Waals surface area (Å²) in [6.45, 7) is 2.11. The van der Waals surface area contributed by atoms with E-state index in [4.69, 9.17) is 0 Å². The predicted octanol–water partition coefficient (Wildman–Crippen LogP) is 2.62. The van der Waals surface area contributed by atoms with Crippen molar-refractivity contribution in [2.45, 2.75) is 13.3 Å². The summed E-state index contributed by atoms with van der Waals surface area (Å²) in [4.78, 5) is 0. The normalized spacial score (nSPS) is 19.1. The van der Waals surface area contributed by atoms with Gasteiger partial charge in [0, 0.05) is 0 Å². The van der Waals surface area contributed by atoms with E-state index in [0.29, 0.717) is 0 Å². The molecule has 0 aromatic carbocycles. The Labute approximate surface area is 52.0 Å². The third-order valence-corrected chi connectivity index (χ3v) is 1.56. The molecule has 1 aliphatic rings. The van der Waals surface area contributed by atoms with Gasteiger partial charge in [0.15, 0.2) is 0 Å². The minimum absolute atomic E-state index is 1.09. The smallest absolute Gasteiger partial charge is 0.000896 e. The summed E-state index contributed by atoms with van der Waals surface area (Å²) in [5.41, 5.74) is 1.37. The van der Waals surface area contributed by atoms with Gasteiger partial charge in [0.1, 0.15) is 0 Å². The molecule has 0 heterocycles. The highest BCUT2D eigenvalue weighted by Gasteiger charge is 1.96. The molecule has 0 amide bonds. The van der Waals surface area contributed by atoms with E-state index < -0.39 is 0 Å². The molecule has 1 aliphatic carbocycles. The number of halogens is 1. The molecule has 0 atom stereocenters. The SMILES string of the molecule is CC1=CCC(Br)=C1. The molecule has 0 aromatic heterocycles. The average Bonchev–Trinajstić information content (AvgIpc) is 1.87. The predicted molar refractivity (Wildman–Crippen MR) is 35.4 cm³/mol. The van der Waals surface area contributed by atoms with E-state index in [1.807, 2.05) is 0 Å². The Bertz CT molecular complexity index is 131. The highest BCUT2D eigenvalue weighted by molar-refractivity contribution is 9.11. The van der Waals surface area contributed by atoms with Crippen molar-refractivity contribution >= 4 is 15.9 Å². The van der Waals surface area contributed by atoms with Crippen molar-refractivity contribution in [2.75, 3.05) is 0 Å². The summed E-state index contributed by atoms with van der Waals surface area (Å²) in [7, 11) is 0. The maximum Gasteiger partial charge on any atom is -0.000896 e. The Morgan fingerprint density at radius 2 is 2.43 bits per heavy atom. The molecule has 0 aromatic rings. The van der Waals surface area contributed by atoms with Crippen LogP contribution in [0.5, 0.6) is 0 Å². The quantitative estimate of drug-likeness (QED) is 0.509. The van der Waals surface area contributed by atoms with Crippen molar-refractivity contribution in [3.05, 3.63) is 22.2 Å². The zero-order valence-electron chi connectivity index (χ0n) is 4.24. The topological polar surface area (TPSA) is 0 Å². The molecular weight excluding hydrogens is 152 g/mol. The van der Waals surface area contributed by atoms with Crippen molar-refractivity contribution in [3.63, 3.8) is 0 Å². The van der Waals surface area contributed by atoms with Crippen LogP contribution in [0.2, 0.25) is 0 Å². The summed E-state index contributed by atoms with van der Waals surface area (Å²) < 4.78 is 1.30. The van der Waals surface area contributed by atoms with E-state index in [-0.39, 0.29) is 0 Å². The van der Waals surface area contributed by atoms with Crippen molar-refractivity contribution in [1.29, 1.82) is 0 Å². The van der Waals surface area contributed by atoms with Crippen LogP contribution in [0.1, 0.15) is 13.3 Å². The van der Waals surface area contributed by atoms with E-state index in [2.05, 4.69) is 35.0 Å². The molecule has 0 aliphatic heterocycles. The van der Waals surface area contributed by atoms with Crippen LogP contribution in [0.4, 0.5) is 0 Å². The first kappa shape index (κ1) is 5.10. The van der Waals surface area contributed by atoms with Crippen molar-refractivity contribution in [1.82, 2.24) is 0 Å². The third-order valence-electron chi connectivity index (χ3n) is 1.00. The molecule has 0 fully saturated rings. The van der Waals surface area contributed by atoms with Crippen molar-refractivity contribution in [3.8, 4) is 0 Å². The molecule has 0 bridgehead atoms. The second-order valence-electron chi connectivity index (χ2n) is 1.74. The first-order chi connectivity index (χ1) is 3.29. The maximum absolute atomic E-state index is 3.39. The molecule has 7 heavy (non-hydrogen) atoms. The lowest BCUT2D eigenvalue weighted by atomic mass is 10.3. The minimum atomic E-state index is 1.09. The summed E-state index contributed by atoms with van der Waals surface area (Å²) in [5.74, 6) is 0. The molecule has 0 unspecified atom stereocenters. The van der Waals surface area contributed by atoms with Gasteiger partial charge in [0.25, 0.3) is 0 Å². The van der Waals surface area contributed by atoms with Gasteiger partial charge in [-0.05, 0) is 23.9 Å². The molecule has 1 heteroatoms. The largest absolute Gasteiger partial charge is 0.0766 e. The van der Waals surface area contributed by atoms with E-state index in [1.54, 1.807) is 0 Å². The second-order valence-corrected chi connectivity index (χ2v) is 2.76. The number of hydrogen-bond donors (Lipinski definition) is 0. The summed E-state index contributed by atoms with van der Waals surface area (Å²) in [6, 6.07) is 0. The van der Waals surface area contributed by atoms with Gasteiger partial charge in [-0.15, -0.1) is 0 Å². The van der Waals surface area contributed by atoms with Gasteiger partial charge in [0.2, 0.25) is 0 Å². The molecule has 0 radical (unpaired) electrons. The lowest BCUT2D eigenvalue weighted by molar-refractivity contribution is 1.41. The first-order valence-corrected chi connectivity index (χ1v) is 3.11. The molecule has 0 N–H and O–H groups in total. The molecule has 38 valence electrons. The van der Waals surface area contributed by atoms with Crippen molar-refractivity contribution in [2.24, 2.45) is 0 Å². The maximum atomic E-state index is 3.39. The van der Waals surface area contributed by atoms with Crippen LogP contribution in [0.15, 0.2) is 22.2 Å². The zero-order valence-corrected chi connectivity index (χ0v) is 5.83. The molecule has 1 rings (SSSR count). The Kier molecular flexibility index (Phi) is 1.33. The van der Waals surface area contributed by atoms with Crippen LogP contribution in [-0.2, 0) is 0 Å². The molecule has 0 spiro atoms. The Morgan fingerprint density at radius 3 is 2.57 bits per heavy atom. The Morgan fingerprint density at radius 1 is 1.71 bits per heavy atom. The first-order valence-electron chi connectivity index (χ1n) is 2.32. The second kappa shape index (κ2) is 1.83. The van der Waals surface area contributed by atoms with Gasteiger partial charge in [0.05, 0.1) is 0 Å². The number of hydrogen-bond acceptors (Lipinski definition) is 0. The van der Waals surface area contributed by atoms with E-state index >= 15 is 0 Å². The van der Waals surface area contributed by atoms with E-state index in [9.17, 15) is 0 Å². The fraction of sp³-hybridized carbons (Fsp3) is 0.333. The number of allylic oxidation sites excluding steroid dienone is 4. The van der Waals surface area contributed by atoms with Gasteiger partial charge in [-0.2, -0.15) is 0 Å². The molecule has 0 nitrogen and oxygen atoms in total. The van der Waals surface area contributed by atoms with Gasteiger partial charge < -0.3 is 0 Å². The van der Waals surface area contributed by atoms with Crippen molar-refractivity contribution < 1.29 is 0 Å². The summed E-state index contributed by atoms with van der Waals surface area (Å²) in [5, 5.41) is 0. The molecule has 0 saturated heterocycles. The van der Waals surface area contributed by atoms with Crippen LogP contribution >= 0.6 is 15.9 Å². The van der Waals surface area contributed by atoms with Gasteiger partial charge in [-0.25, -0.2) is 0 Å². The fourth-order valence-corrected chi connectivity index (χ4v) is 1.15. The van der Waals surface area contributed by atoms with Crippen LogP contribution in [0, 0.1) is 0 Å². The van der Waals surface area contributed by atoms with Crippen LogP contribution in [0.3, 0.4) is 0 Å². The average molecular weight is 159 g/mol. The van der Waals surface area contributed by atoms with Gasteiger partial charge in [-0.3, -0.25) is 0 Å². The highest BCUT2D eigenvalue weighted by Crippen LogP contribution is 2.20. The molecular formula is C6H7Br. The fourth-order valence-electron chi connectivity index (χ4n) is 0.623. The highest BCUT2D eigenvalue weighted by atomic mass is 79.9. The van der Waals surface area contributed by atoms with Crippen LogP contribution in [0.25, 0.3) is 0 Å². The molecule has 0 saturated carbocycles. The Hall–Kier alpha value is -0.0400. The van der Waals surface area contributed by atoms with Crippen LogP contribution < -0.4 is 0 Å². The summed E-state index contributed by atoms with van der Waals surface area (Å²) in [6.07, 6.45) is 5.43. The third kappa shape index (κ3) is 1.16. The van der Waals surface area contributed by atoms with Crippen LogP contribution in [-0.4, -0.2) is 0 Å². The standard InChI is InChI=1S/C6H7Br/c1-5-2-3-6(7)4-5/h2,4H,3H2,1H3. The summed E-state index contributed by atoms with van der Waals surface area (Å²) >= 11 is 3.39. The number of rotatable bonds is 0. The zero-order chi connectivity index (χ0) is 5.28. The van der Waals surface area contributed by atoms with E-state index in [1.165, 1.54) is 10.1 Å². The van der Waals surface area contributed by atoms with Gasteiger partial charge in [-0.1, -0.05) is 27.6 Å². The lowest BCUT2D eigenvalue weighted by Gasteiger charge is -1.76. The monoisotopic (exact) mass is 158 g/mol.